The van der Waals surface area contributed by atoms with Crippen molar-refractivity contribution in [2.24, 2.45) is 0 Å². The molecular formula is C18H20BrN3O3S. The van der Waals surface area contributed by atoms with Gasteiger partial charge in [0, 0.05) is 29.8 Å². The molecule has 1 saturated heterocycles. The van der Waals surface area contributed by atoms with Gasteiger partial charge in [-0.25, -0.2) is 0 Å². The molecule has 3 rings (SSSR count). The molecule has 0 atom stereocenters. The minimum atomic E-state index is -3.66. The first kappa shape index (κ1) is 19.0. The Labute approximate surface area is 162 Å². The molecule has 0 bridgehead atoms. The van der Waals surface area contributed by atoms with E-state index in [9.17, 15) is 13.2 Å². The highest BCUT2D eigenvalue weighted by Crippen LogP contribution is 2.20. The molecule has 0 radical (unpaired) electrons. The zero-order chi connectivity index (χ0) is 18.6. The number of hydrogen-bond acceptors (Lipinski definition) is 3. The van der Waals surface area contributed by atoms with Crippen LogP contribution in [0, 0.1) is 0 Å². The van der Waals surface area contributed by atoms with Crippen molar-refractivity contribution in [2.75, 3.05) is 25.0 Å². The molecular weight excluding hydrogens is 418 g/mol. The number of carbonyl (C=O) groups excluding carboxylic acids is 1. The summed E-state index contributed by atoms with van der Waals surface area (Å²) in [6, 6.07) is 16.6. The number of rotatable bonds is 5. The van der Waals surface area contributed by atoms with Crippen LogP contribution < -0.4 is 5.32 Å². The lowest BCUT2D eigenvalue weighted by atomic mass is 10.2. The fourth-order valence-electron chi connectivity index (χ4n) is 2.82. The van der Waals surface area contributed by atoms with Crippen LogP contribution in [-0.4, -0.2) is 42.6 Å². The second-order valence-corrected chi connectivity index (χ2v) is 8.91. The van der Waals surface area contributed by atoms with Gasteiger partial charge in [0.1, 0.15) is 0 Å². The molecule has 6 nitrogen and oxygen atoms in total. The fraction of sp³-hybridized carbons (Fsp3) is 0.278. The van der Waals surface area contributed by atoms with Crippen molar-refractivity contribution in [2.45, 2.75) is 13.0 Å². The van der Waals surface area contributed by atoms with Crippen LogP contribution in [0.5, 0.6) is 0 Å². The van der Waals surface area contributed by atoms with Gasteiger partial charge in [-0.3, -0.25) is 4.79 Å². The number of anilines is 1. The summed E-state index contributed by atoms with van der Waals surface area (Å²) < 4.78 is 29.2. The quantitative estimate of drug-likeness (QED) is 0.781. The predicted molar refractivity (Wildman–Crippen MR) is 105 cm³/mol. The third kappa shape index (κ3) is 4.70. The van der Waals surface area contributed by atoms with Crippen molar-refractivity contribution in [3.05, 3.63) is 64.6 Å². The molecule has 8 heteroatoms. The van der Waals surface area contributed by atoms with Crippen molar-refractivity contribution < 1.29 is 13.2 Å². The summed E-state index contributed by atoms with van der Waals surface area (Å²) in [7, 11) is -3.66. The molecule has 2 aromatic rings. The summed E-state index contributed by atoms with van der Waals surface area (Å²) in [6.45, 7) is 0.932. The van der Waals surface area contributed by atoms with E-state index in [1.807, 2.05) is 42.5 Å². The first-order valence-electron chi connectivity index (χ1n) is 8.30. The highest BCUT2D eigenvalue weighted by Gasteiger charge is 2.34. The second kappa shape index (κ2) is 8.30. The van der Waals surface area contributed by atoms with Crippen LogP contribution in [-0.2, 0) is 21.5 Å². The minimum Gasteiger partial charge on any atom is -0.325 e. The van der Waals surface area contributed by atoms with Gasteiger partial charge in [0.25, 0.3) is 10.2 Å². The van der Waals surface area contributed by atoms with Crippen molar-refractivity contribution in [3.8, 4) is 0 Å². The Kier molecular flexibility index (Phi) is 6.08. The van der Waals surface area contributed by atoms with Gasteiger partial charge >= 0.3 is 0 Å². The first-order chi connectivity index (χ1) is 12.4. The average molecular weight is 438 g/mol. The monoisotopic (exact) mass is 437 g/mol. The predicted octanol–water partition coefficient (Wildman–Crippen LogP) is 2.84. The average Bonchev–Trinajstić information content (AvgIpc) is 2.61. The highest BCUT2D eigenvalue weighted by atomic mass is 79.9. The van der Waals surface area contributed by atoms with Gasteiger partial charge in [0.05, 0.1) is 6.54 Å². The maximum atomic E-state index is 12.8. The minimum absolute atomic E-state index is 0.191. The molecule has 1 aliphatic rings. The van der Waals surface area contributed by atoms with E-state index in [0.29, 0.717) is 31.7 Å². The van der Waals surface area contributed by atoms with Gasteiger partial charge in [0.2, 0.25) is 5.91 Å². The molecule has 1 aliphatic heterocycles. The number of hydrogen-bond donors (Lipinski definition) is 1. The molecule has 0 spiro atoms. The number of nitrogens with zero attached hydrogens (tertiary/aromatic N) is 2. The molecule has 1 fully saturated rings. The SMILES string of the molecule is O=C(CN1CCCN(Cc2ccccc2)S1(=O)=O)Nc1ccc(Br)cc1. The summed E-state index contributed by atoms with van der Waals surface area (Å²) in [6.07, 6.45) is 0.692. The topological polar surface area (TPSA) is 69.7 Å². The van der Waals surface area contributed by atoms with Gasteiger partial charge < -0.3 is 5.32 Å². The fourth-order valence-corrected chi connectivity index (χ4v) is 4.72. The Balaban J connectivity index is 1.65. The summed E-state index contributed by atoms with van der Waals surface area (Å²) in [4.78, 5) is 12.3. The lowest BCUT2D eigenvalue weighted by molar-refractivity contribution is -0.116. The van der Waals surface area contributed by atoms with Crippen LogP contribution in [0.2, 0.25) is 0 Å². The summed E-state index contributed by atoms with van der Waals surface area (Å²) in [5.41, 5.74) is 1.56. The van der Waals surface area contributed by atoms with Crippen LogP contribution in [0.4, 0.5) is 5.69 Å². The Hall–Kier alpha value is -1.74. The Morgan fingerprint density at radius 2 is 1.65 bits per heavy atom. The van der Waals surface area contributed by atoms with Crippen molar-refractivity contribution in [1.29, 1.82) is 0 Å². The molecule has 1 heterocycles. The van der Waals surface area contributed by atoms with Crippen molar-refractivity contribution in [3.63, 3.8) is 0 Å². The molecule has 0 aromatic heterocycles. The van der Waals surface area contributed by atoms with Crippen LogP contribution in [0.15, 0.2) is 59.1 Å². The van der Waals surface area contributed by atoms with E-state index in [-0.39, 0.29) is 12.5 Å². The van der Waals surface area contributed by atoms with Gasteiger partial charge in [-0.2, -0.15) is 17.0 Å². The summed E-state index contributed by atoms with van der Waals surface area (Å²) in [5, 5.41) is 2.73. The van der Waals surface area contributed by atoms with Gasteiger partial charge in [-0.1, -0.05) is 46.3 Å². The third-order valence-corrected chi connectivity index (χ3v) is 6.57. The Morgan fingerprint density at radius 3 is 2.35 bits per heavy atom. The van der Waals surface area contributed by atoms with E-state index >= 15 is 0 Å². The van der Waals surface area contributed by atoms with Crippen LogP contribution >= 0.6 is 15.9 Å². The Bertz CT molecular complexity index is 857. The second-order valence-electron chi connectivity index (χ2n) is 6.07. The van der Waals surface area contributed by atoms with E-state index in [4.69, 9.17) is 0 Å². The van der Waals surface area contributed by atoms with Crippen LogP contribution in [0.25, 0.3) is 0 Å². The molecule has 1 amide bonds. The Morgan fingerprint density at radius 1 is 1.00 bits per heavy atom. The lowest BCUT2D eigenvalue weighted by Gasteiger charge is -2.34. The maximum Gasteiger partial charge on any atom is 0.282 e. The number of carbonyl (C=O) groups is 1. The number of nitrogens with one attached hydrogen (secondary N) is 1. The maximum absolute atomic E-state index is 12.8. The molecule has 0 unspecified atom stereocenters. The molecule has 138 valence electrons. The van der Waals surface area contributed by atoms with Crippen molar-refractivity contribution in [1.82, 2.24) is 8.61 Å². The zero-order valence-corrected chi connectivity index (χ0v) is 16.5. The van der Waals surface area contributed by atoms with E-state index < -0.39 is 10.2 Å². The first-order valence-corrected chi connectivity index (χ1v) is 10.5. The van der Waals surface area contributed by atoms with Gasteiger partial charge in [-0.15, -0.1) is 0 Å². The number of amides is 1. The van der Waals surface area contributed by atoms with Crippen LogP contribution in [0.3, 0.4) is 0 Å². The number of halogens is 1. The van der Waals surface area contributed by atoms with E-state index in [0.717, 1.165) is 10.0 Å². The van der Waals surface area contributed by atoms with Gasteiger partial charge in [-0.05, 0) is 36.2 Å². The summed E-state index contributed by atoms with van der Waals surface area (Å²) in [5.74, 6) is -0.350. The molecule has 26 heavy (non-hydrogen) atoms. The summed E-state index contributed by atoms with van der Waals surface area (Å²) >= 11 is 3.33. The number of benzene rings is 2. The molecule has 0 aliphatic carbocycles. The van der Waals surface area contributed by atoms with E-state index in [1.54, 1.807) is 12.1 Å². The molecule has 2 aromatic carbocycles. The van der Waals surface area contributed by atoms with Crippen molar-refractivity contribution >= 4 is 37.7 Å². The molecule has 1 N–H and O–H groups in total. The normalized spacial score (nSPS) is 17.7. The largest absolute Gasteiger partial charge is 0.325 e. The zero-order valence-electron chi connectivity index (χ0n) is 14.1. The third-order valence-electron chi connectivity index (χ3n) is 4.12. The van der Waals surface area contributed by atoms with E-state index in [1.165, 1.54) is 8.61 Å². The molecule has 0 saturated carbocycles. The van der Waals surface area contributed by atoms with Gasteiger partial charge in [0.15, 0.2) is 0 Å². The highest BCUT2D eigenvalue weighted by molar-refractivity contribution is 9.10. The van der Waals surface area contributed by atoms with Crippen LogP contribution in [0.1, 0.15) is 12.0 Å². The lowest BCUT2D eigenvalue weighted by Crippen LogP contribution is -2.51. The smallest absolute Gasteiger partial charge is 0.282 e. The van der Waals surface area contributed by atoms with E-state index in [2.05, 4.69) is 21.2 Å². The standard InChI is InChI=1S/C18H20BrN3O3S/c19-16-7-9-17(10-8-16)20-18(23)14-22-12-4-11-21(26(22,24)25)13-15-5-2-1-3-6-15/h1-3,5-10H,4,11-14H2,(H,20,23).